The molecule has 7 rings (SSSR count). The van der Waals surface area contributed by atoms with E-state index in [9.17, 15) is 22.4 Å². The number of nitrogens with one attached hydrogen (secondary N) is 1. The van der Waals surface area contributed by atoms with Crippen LogP contribution in [0.2, 0.25) is 0 Å². The maximum Gasteiger partial charge on any atom is 0.258 e. The number of benzene rings is 1. The van der Waals surface area contributed by atoms with E-state index >= 15 is 0 Å². The topological polar surface area (TPSA) is 80.2 Å². The second kappa shape index (κ2) is 9.61. The van der Waals surface area contributed by atoms with Gasteiger partial charge in [-0.05, 0) is 37.1 Å². The molecule has 1 aliphatic carbocycles. The van der Waals surface area contributed by atoms with Crippen molar-refractivity contribution in [3.63, 3.8) is 0 Å². The van der Waals surface area contributed by atoms with Gasteiger partial charge in [-0.25, -0.2) is 27.5 Å². The maximum atomic E-state index is 14.8. The zero-order valence-electron chi connectivity index (χ0n) is 20.3. The Hall–Kier alpha value is -3.60. The van der Waals surface area contributed by atoms with E-state index in [2.05, 4.69) is 20.3 Å². The zero-order chi connectivity index (χ0) is 26.4. The van der Waals surface area contributed by atoms with Gasteiger partial charge in [-0.1, -0.05) is 0 Å². The van der Waals surface area contributed by atoms with Crippen LogP contribution < -0.4 is 10.2 Å². The quantitative estimate of drug-likeness (QED) is 0.452. The highest BCUT2D eigenvalue weighted by molar-refractivity contribution is 6.06. The number of pyridine rings is 1. The van der Waals surface area contributed by atoms with E-state index in [-0.39, 0.29) is 66.2 Å². The summed E-state index contributed by atoms with van der Waals surface area (Å²) >= 11 is 0. The van der Waals surface area contributed by atoms with Gasteiger partial charge in [0.25, 0.3) is 5.91 Å². The summed E-state index contributed by atoms with van der Waals surface area (Å²) in [6.07, 6.45) is 5.26. The van der Waals surface area contributed by atoms with E-state index in [1.54, 1.807) is 0 Å². The zero-order valence-corrected chi connectivity index (χ0v) is 20.3. The Kier molecular flexibility index (Phi) is 6.25. The van der Waals surface area contributed by atoms with Crippen molar-refractivity contribution in [3.05, 3.63) is 65.7 Å². The normalized spacial score (nSPS) is 22.6. The van der Waals surface area contributed by atoms with Crippen LogP contribution in [0, 0.1) is 11.6 Å². The van der Waals surface area contributed by atoms with E-state index in [0.29, 0.717) is 24.7 Å². The third-order valence-electron chi connectivity index (χ3n) is 7.48. The van der Waals surface area contributed by atoms with Crippen LogP contribution in [0.15, 0.2) is 42.9 Å². The van der Waals surface area contributed by atoms with Crippen molar-refractivity contribution in [1.29, 1.82) is 0 Å². The first-order valence-electron chi connectivity index (χ1n) is 12.6. The number of nitrogens with zero attached hydrogens (tertiary/aromatic N) is 4. The van der Waals surface area contributed by atoms with Crippen molar-refractivity contribution < 1.29 is 27.1 Å². The van der Waals surface area contributed by atoms with Gasteiger partial charge in [0, 0.05) is 68.0 Å². The number of morpholine rings is 1. The molecule has 2 unspecified atom stereocenters. The van der Waals surface area contributed by atoms with Crippen LogP contribution in [0.4, 0.5) is 29.2 Å². The van der Waals surface area contributed by atoms with Gasteiger partial charge in [0.2, 0.25) is 11.9 Å². The highest BCUT2D eigenvalue weighted by Gasteiger charge is 2.39. The molecule has 1 saturated carbocycles. The minimum absolute atomic E-state index is 0.0671. The average Bonchev–Trinajstić information content (AvgIpc) is 2.90. The standard InChI is InChI=1S/C27H25F4N5O2/c28-17-1-2-22(29)21(9-17)20-5-8-32-23(15-3-6-27(30,31)7-4-15)24(20)35-25(37)16-11-33-26(34-12-16)36-13-18-10-19(14-36)38-18/h1-2,5,8-9,11-12,15,18-19H,3-4,6-7,10,13-14H2,(H,35,37). The van der Waals surface area contributed by atoms with E-state index in [1.165, 1.54) is 24.7 Å². The summed E-state index contributed by atoms with van der Waals surface area (Å²) in [7, 11) is 0. The van der Waals surface area contributed by atoms with Crippen LogP contribution in [0.25, 0.3) is 11.1 Å². The molecule has 38 heavy (non-hydrogen) atoms. The largest absolute Gasteiger partial charge is 0.371 e. The van der Waals surface area contributed by atoms with E-state index < -0.39 is 23.5 Å². The number of amides is 1. The SMILES string of the molecule is O=C(Nc1c(-c2cc(F)ccc2F)ccnc1C1CCC(F)(F)CC1)c1cnc(N2CC3CC(C2)O3)nc1. The molecule has 5 heterocycles. The first-order chi connectivity index (χ1) is 18.3. The number of carbonyl (C=O) groups is 1. The Balaban J connectivity index is 1.31. The van der Waals surface area contributed by atoms with Crippen molar-refractivity contribution in [2.24, 2.45) is 0 Å². The summed E-state index contributed by atoms with van der Waals surface area (Å²) in [5.41, 5.74) is 0.822. The molecule has 3 aliphatic heterocycles. The van der Waals surface area contributed by atoms with E-state index in [1.807, 2.05) is 4.90 Å². The van der Waals surface area contributed by atoms with Crippen LogP contribution in [-0.4, -0.2) is 52.1 Å². The van der Waals surface area contributed by atoms with Crippen molar-refractivity contribution >= 4 is 17.5 Å². The number of ether oxygens (including phenoxy) is 1. The second-order valence-corrected chi connectivity index (χ2v) is 10.1. The molecule has 0 radical (unpaired) electrons. The fourth-order valence-corrected chi connectivity index (χ4v) is 5.47. The van der Waals surface area contributed by atoms with Gasteiger partial charge in [-0.2, -0.15) is 0 Å². The first-order valence-corrected chi connectivity index (χ1v) is 12.6. The Morgan fingerprint density at radius 3 is 2.37 bits per heavy atom. The number of halogens is 4. The lowest BCUT2D eigenvalue weighted by atomic mass is 9.83. The first kappa shape index (κ1) is 24.7. The fourth-order valence-electron chi connectivity index (χ4n) is 5.47. The monoisotopic (exact) mass is 527 g/mol. The van der Waals surface area contributed by atoms with E-state index in [4.69, 9.17) is 4.74 Å². The number of hydrogen-bond acceptors (Lipinski definition) is 6. The molecular formula is C27H25F4N5O2. The summed E-state index contributed by atoms with van der Waals surface area (Å²) in [6, 6.07) is 4.50. The lowest BCUT2D eigenvalue weighted by molar-refractivity contribution is -0.133. The van der Waals surface area contributed by atoms with Crippen molar-refractivity contribution in [3.8, 4) is 11.1 Å². The third-order valence-corrected chi connectivity index (χ3v) is 7.48. The minimum Gasteiger partial charge on any atom is -0.371 e. The molecule has 1 amide bonds. The molecule has 4 aliphatic rings. The fraction of sp³-hybridized carbons (Fsp3) is 0.407. The lowest BCUT2D eigenvalue weighted by Gasteiger charge is -2.46. The van der Waals surface area contributed by atoms with Crippen molar-refractivity contribution in [2.45, 2.75) is 56.2 Å². The van der Waals surface area contributed by atoms with Gasteiger partial charge in [0.15, 0.2) is 0 Å². The lowest BCUT2D eigenvalue weighted by Crippen LogP contribution is -2.57. The molecule has 198 valence electrons. The molecule has 0 spiro atoms. The van der Waals surface area contributed by atoms with Gasteiger partial charge in [0.1, 0.15) is 11.6 Å². The highest BCUT2D eigenvalue weighted by atomic mass is 19.3. The molecule has 4 fully saturated rings. The van der Waals surface area contributed by atoms with Gasteiger partial charge >= 0.3 is 0 Å². The number of aromatic nitrogens is 3. The number of alkyl halides is 2. The molecular weight excluding hydrogens is 502 g/mol. The van der Waals surface area contributed by atoms with Gasteiger partial charge < -0.3 is 15.0 Å². The van der Waals surface area contributed by atoms with Crippen molar-refractivity contribution in [2.75, 3.05) is 23.3 Å². The third kappa shape index (κ3) is 4.82. The smallest absolute Gasteiger partial charge is 0.258 e. The van der Waals surface area contributed by atoms with E-state index in [0.717, 1.165) is 24.6 Å². The molecule has 1 aromatic carbocycles. The number of carbonyl (C=O) groups excluding carboxylic acids is 1. The number of hydrogen-bond donors (Lipinski definition) is 1. The molecule has 3 saturated heterocycles. The Labute approximate surface area is 216 Å². The van der Waals surface area contributed by atoms with Crippen LogP contribution in [0.1, 0.15) is 54.1 Å². The molecule has 1 N–H and O–H groups in total. The number of anilines is 2. The molecule has 2 aromatic heterocycles. The molecule has 7 nitrogen and oxygen atoms in total. The average molecular weight is 528 g/mol. The molecule has 3 aromatic rings. The summed E-state index contributed by atoms with van der Waals surface area (Å²) in [5, 5.41) is 2.78. The summed E-state index contributed by atoms with van der Waals surface area (Å²) in [4.78, 5) is 28.4. The van der Waals surface area contributed by atoms with Gasteiger partial charge in [0.05, 0.1) is 29.2 Å². The van der Waals surface area contributed by atoms with Crippen LogP contribution in [-0.2, 0) is 4.74 Å². The number of fused-ring (bicyclic) bond motifs is 2. The molecule has 11 heteroatoms. The Morgan fingerprint density at radius 1 is 1.00 bits per heavy atom. The molecule has 2 atom stereocenters. The second-order valence-electron chi connectivity index (χ2n) is 10.1. The summed E-state index contributed by atoms with van der Waals surface area (Å²) in [6.45, 7) is 1.37. The maximum absolute atomic E-state index is 14.8. The Bertz CT molecular complexity index is 1340. The predicted molar refractivity (Wildman–Crippen MR) is 131 cm³/mol. The summed E-state index contributed by atoms with van der Waals surface area (Å²) < 4.78 is 62.2. The predicted octanol–water partition coefficient (Wildman–Crippen LogP) is 5.34. The van der Waals surface area contributed by atoms with Crippen molar-refractivity contribution in [1.82, 2.24) is 15.0 Å². The van der Waals surface area contributed by atoms with Crippen LogP contribution in [0.5, 0.6) is 0 Å². The number of piperidine rings is 1. The van der Waals surface area contributed by atoms with Gasteiger partial charge in [-0.15, -0.1) is 0 Å². The summed E-state index contributed by atoms with van der Waals surface area (Å²) in [5.74, 6) is -4.56. The van der Waals surface area contributed by atoms with Crippen LogP contribution >= 0.6 is 0 Å². The highest BCUT2D eigenvalue weighted by Crippen LogP contribution is 2.44. The number of rotatable bonds is 5. The van der Waals surface area contributed by atoms with Crippen LogP contribution in [0.3, 0.4) is 0 Å². The minimum atomic E-state index is -2.76. The Morgan fingerprint density at radius 2 is 1.68 bits per heavy atom. The molecule has 2 bridgehead atoms. The van der Waals surface area contributed by atoms with Gasteiger partial charge in [-0.3, -0.25) is 9.78 Å².